The highest BCUT2D eigenvalue weighted by atomic mass is 79.9. The molecule has 0 fully saturated rings. The van der Waals surface area contributed by atoms with Crippen LogP contribution in [0.2, 0.25) is 0 Å². The number of hydrogen-bond acceptors (Lipinski definition) is 1. The number of aryl methyl sites for hydroxylation is 1. The van der Waals surface area contributed by atoms with Crippen molar-refractivity contribution in [3.05, 3.63) is 63.6 Å². The van der Waals surface area contributed by atoms with Gasteiger partial charge in [0.1, 0.15) is 11.6 Å². The Morgan fingerprint density at radius 1 is 1.16 bits per heavy atom. The van der Waals surface area contributed by atoms with E-state index in [4.69, 9.17) is 0 Å². The highest BCUT2D eigenvalue weighted by Crippen LogP contribution is 2.21. The van der Waals surface area contributed by atoms with E-state index >= 15 is 0 Å². The lowest BCUT2D eigenvalue weighted by Crippen LogP contribution is -2.14. The lowest BCUT2D eigenvalue weighted by atomic mass is 10.1. The summed E-state index contributed by atoms with van der Waals surface area (Å²) >= 11 is 3.28. The van der Waals surface area contributed by atoms with Gasteiger partial charge in [-0.25, -0.2) is 8.78 Å². The second-order valence-corrected chi connectivity index (χ2v) is 4.95. The molecular weight excluding hydrogens is 316 g/mol. The number of amides is 1. The summed E-state index contributed by atoms with van der Waals surface area (Å²) in [5, 5.41) is 2.56. The van der Waals surface area contributed by atoms with Gasteiger partial charge < -0.3 is 5.32 Å². The molecular formula is C14H10BrF2NO. The highest BCUT2D eigenvalue weighted by molar-refractivity contribution is 9.10. The predicted octanol–water partition coefficient (Wildman–Crippen LogP) is 4.29. The maximum absolute atomic E-state index is 13.5. The highest BCUT2D eigenvalue weighted by Gasteiger charge is 2.14. The van der Waals surface area contributed by atoms with Crippen LogP contribution >= 0.6 is 15.9 Å². The van der Waals surface area contributed by atoms with Crippen LogP contribution in [-0.2, 0) is 0 Å². The van der Waals surface area contributed by atoms with Crippen molar-refractivity contribution < 1.29 is 13.6 Å². The fraction of sp³-hybridized carbons (Fsp3) is 0.0714. The number of halogens is 3. The minimum Gasteiger partial charge on any atom is -0.322 e. The molecule has 0 aliphatic heterocycles. The van der Waals surface area contributed by atoms with Crippen LogP contribution in [0.1, 0.15) is 15.9 Å². The Kier molecular flexibility index (Phi) is 3.95. The summed E-state index contributed by atoms with van der Waals surface area (Å²) < 4.78 is 27.3. The zero-order chi connectivity index (χ0) is 14.0. The topological polar surface area (TPSA) is 29.1 Å². The molecule has 98 valence electrons. The lowest BCUT2D eigenvalue weighted by molar-refractivity contribution is 0.102. The van der Waals surface area contributed by atoms with Crippen molar-refractivity contribution in [3.63, 3.8) is 0 Å². The zero-order valence-corrected chi connectivity index (χ0v) is 11.6. The maximum Gasteiger partial charge on any atom is 0.258 e. The molecule has 0 aliphatic carbocycles. The molecule has 2 aromatic rings. The molecule has 0 unspecified atom stereocenters. The van der Waals surface area contributed by atoms with Crippen LogP contribution in [0.25, 0.3) is 0 Å². The molecule has 5 heteroatoms. The SMILES string of the molecule is Cc1ccc(Br)cc1NC(=O)c1cc(F)ccc1F. The average Bonchev–Trinajstić information content (AvgIpc) is 2.36. The molecule has 2 rings (SSSR count). The van der Waals surface area contributed by atoms with E-state index in [0.29, 0.717) is 5.69 Å². The zero-order valence-electron chi connectivity index (χ0n) is 10.0. The molecule has 1 N–H and O–H groups in total. The minimum atomic E-state index is -0.758. The molecule has 0 atom stereocenters. The molecule has 0 bridgehead atoms. The van der Waals surface area contributed by atoms with Gasteiger partial charge in [0, 0.05) is 10.2 Å². The van der Waals surface area contributed by atoms with E-state index in [9.17, 15) is 13.6 Å². The number of carbonyl (C=O) groups excluding carboxylic acids is 1. The minimum absolute atomic E-state index is 0.320. The van der Waals surface area contributed by atoms with Crippen LogP contribution in [0, 0.1) is 18.6 Å². The fourth-order valence-corrected chi connectivity index (χ4v) is 1.95. The number of hydrogen-bond donors (Lipinski definition) is 1. The maximum atomic E-state index is 13.5. The number of carbonyl (C=O) groups is 1. The van der Waals surface area contributed by atoms with Crippen molar-refractivity contribution in [1.29, 1.82) is 0 Å². The van der Waals surface area contributed by atoms with Crippen LogP contribution in [0.15, 0.2) is 40.9 Å². The van der Waals surface area contributed by atoms with E-state index in [1.54, 1.807) is 6.07 Å². The summed E-state index contributed by atoms with van der Waals surface area (Å²) in [6, 6.07) is 8.10. The first-order chi connectivity index (χ1) is 8.97. The monoisotopic (exact) mass is 325 g/mol. The van der Waals surface area contributed by atoms with Crippen LogP contribution in [0.5, 0.6) is 0 Å². The van der Waals surface area contributed by atoms with E-state index in [2.05, 4.69) is 21.2 Å². The summed E-state index contributed by atoms with van der Waals surface area (Å²) in [4.78, 5) is 11.9. The molecule has 2 aromatic carbocycles. The van der Waals surface area contributed by atoms with Crippen LogP contribution in [0.4, 0.5) is 14.5 Å². The van der Waals surface area contributed by atoms with Gasteiger partial charge >= 0.3 is 0 Å². The van der Waals surface area contributed by atoms with Crippen molar-refractivity contribution in [2.45, 2.75) is 6.92 Å². The third-order valence-corrected chi connectivity index (χ3v) is 3.11. The largest absolute Gasteiger partial charge is 0.322 e. The molecule has 1 amide bonds. The van der Waals surface area contributed by atoms with Crippen molar-refractivity contribution in [1.82, 2.24) is 0 Å². The second-order valence-electron chi connectivity index (χ2n) is 4.04. The fourth-order valence-electron chi connectivity index (χ4n) is 1.59. The summed E-state index contributed by atoms with van der Waals surface area (Å²) in [5.74, 6) is -2.10. The Hall–Kier alpha value is -1.75. The molecule has 0 aromatic heterocycles. The summed E-state index contributed by atoms with van der Waals surface area (Å²) in [6.07, 6.45) is 0. The Balaban J connectivity index is 2.30. The molecule has 19 heavy (non-hydrogen) atoms. The lowest BCUT2D eigenvalue weighted by Gasteiger charge is -2.09. The van der Waals surface area contributed by atoms with Crippen LogP contribution < -0.4 is 5.32 Å². The third kappa shape index (κ3) is 3.17. The first-order valence-corrected chi connectivity index (χ1v) is 6.29. The smallest absolute Gasteiger partial charge is 0.258 e. The van der Waals surface area contributed by atoms with Crippen LogP contribution in [-0.4, -0.2) is 5.91 Å². The van der Waals surface area contributed by atoms with Gasteiger partial charge in [-0.1, -0.05) is 22.0 Å². The van der Waals surface area contributed by atoms with Gasteiger partial charge in [-0.15, -0.1) is 0 Å². The summed E-state index contributed by atoms with van der Waals surface area (Å²) in [7, 11) is 0. The van der Waals surface area contributed by atoms with Crippen molar-refractivity contribution in [2.24, 2.45) is 0 Å². The molecule has 0 radical (unpaired) electrons. The Bertz CT molecular complexity index is 643. The normalized spacial score (nSPS) is 10.3. The van der Waals surface area contributed by atoms with Crippen LogP contribution in [0.3, 0.4) is 0 Å². The van der Waals surface area contributed by atoms with Gasteiger partial charge in [-0.05, 0) is 42.8 Å². The van der Waals surface area contributed by atoms with Gasteiger partial charge in [0.05, 0.1) is 5.56 Å². The van der Waals surface area contributed by atoms with Gasteiger partial charge in [0.15, 0.2) is 0 Å². The summed E-state index contributed by atoms with van der Waals surface area (Å²) in [6.45, 7) is 1.81. The van der Waals surface area contributed by atoms with E-state index in [0.717, 1.165) is 28.2 Å². The standard InChI is InChI=1S/C14H10BrF2NO/c1-8-2-3-9(15)6-13(8)18-14(19)11-7-10(16)4-5-12(11)17/h2-7H,1H3,(H,18,19). The van der Waals surface area contributed by atoms with Gasteiger partial charge in [0.2, 0.25) is 0 Å². The summed E-state index contributed by atoms with van der Waals surface area (Å²) in [5.41, 5.74) is 1.05. The molecule has 0 saturated carbocycles. The van der Waals surface area contributed by atoms with E-state index in [1.165, 1.54) is 0 Å². The van der Waals surface area contributed by atoms with Gasteiger partial charge in [-0.3, -0.25) is 4.79 Å². The number of benzene rings is 2. The Labute approximate surface area is 117 Å². The molecule has 0 spiro atoms. The van der Waals surface area contributed by atoms with Crippen molar-refractivity contribution in [3.8, 4) is 0 Å². The van der Waals surface area contributed by atoms with E-state index in [1.807, 2.05) is 19.1 Å². The average molecular weight is 326 g/mol. The quantitative estimate of drug-likeness (QED) is 0.876. The third-order valence-electron chi connectivity index (χ3n) is 2.62. The van der Waals surface area contributed by atoms with Crippen molar-refractivity contribution in [2.75, 3.05) is 5.32 Å². The van der Waals surface area contributed by atoms with Crippen molar-refractivity contribution >= 4 is 27.5 Å². The first-order valence-electron chi connectivity index (χ1n) is 5.50. The number of anilines is 1. The van der Waals surface area contributed by atoms with E-state index < -0.39 is 17.5 Å². The number of rotatable bonds is 2. The Morgan fingerprint density at radius 2 is 1.89 bits per heavy atom. The van der Waals surface area contributed by atoms with Gasteiger partial charge in [0.25, 0.3) is 5.91 Å². The first kappa shape index (κ1) is 13.7. The predicted molar refractivity (Wildman–Crippen MR) is 73.2 cm³/mol. The van der Waals surface area contributed by atoms with Gasteiger partial charge in [-0.2, -0.15) is 0 Å². The molecule has 0 heterocycles. The molecule has 2 nitrogen and oxygen atoms in total. The van der Waals surface area contributed by atoms with E-state index in [-0.39, 0.29) is 5.56 Å². The number of nitrogens with one attached hydrogen (secondary N) is 1. The molecule has 0 saturated heterocycles. The second kappa shape index (κ2) is 5.48. The Morgan fingerprint density at radius 3 is 2.63 bits per heavy atom. The molecule has 0 aliphatic rings.